The lowest BCUT2D eigenvalue weighted by atomic mass is 10.0. The Kier molecular flexibility index (Phi) is 5.16. The normalized spacial score (nSPS) is 14.1. The first-order valence-electron chi connectivity index (χ1n) is 5.90. The highest BCUT2D eigenvalue weighted by molar-refractivity contribution is 5.30. The topological polar surface area (TPSA) is 35.2 Å². The van der Waals surface area contributed by atoms with Gasteiger partial charge in [-0.3, -0.25) is 0 Å². The predicted molar refractivity (Wildman–Crippen MR) is 68.7 cm³/mol. The Bertz CT molecular complexity index is 378. The molecule has 17 heavy (non-hydrogen) atoms. The highest BCUT2D eigenvalue weighted by Crippen LogP contribution is 2.20. The van der Waals surface area contributed by atoms with Crippen molar-refractivity contribution in [2.45, 2.75) is 38.8 Å². The van der Waals surface area contributed by atoms with Crippen LogP contribution in [0.1, 0.15) is 25.8 Å². The van der Waals surface area contributed by atoms with Crippen LogP contribution in [-0.2, 0) is 6.42 Å². The molecule has 2 unspecified atom stereocenters. The van der Waals surface area contributed by atoms with Gasteiger partial charge < -0.3 is 10.5 Å². The largest absolute Gasteiger partial charge is 0.484 e. The number of ether oxygens (including phenoxy) is 1. The second-order valence-electron chi connectivity index (χ2n) is 4.20. The summed E-state index contributed by atoms with van der Waals surface area (Å²) in [5, 5.41) is 0. The van der Waals surface area contributed by atoms with Crippen molar-refractivity contribution in [1.29, 1.82) is 0 Å². The molecule has 0 aliphatic rings. The van der Waals surface area contributed by atoms with E-state index in [0.29, 0.717) is 6.42 Å². The molecule has 1 aromatic rings. The molecular formula is C14H20FNO. The van der Waals surface area contributed by atoms with Gasteiger partial charge in [-0.15, -0.1) is 0 Å². The van der Waals surface area contributed by atoms with Gasteiger partial charge in [0.15, 0.2) is 11.6 Å². The van der Waals surface area contributed by atoms with E-state index >= 15 is 0 Å². The van der Waals surface area contributed by atoms with Gasteiger partial charge in [-0.1, -0.05) is 25.6 Å². The summed E-state index contributed by atoms with van der Waals surface area (Å²) in [5.74, 6) is -0.0919. The number of halogens is 1. The molecule has 0 spiro atoms. The van der Waals surface area contributed by atoms with Gasteiger partial charge in [0.1, 0.15) is 6.10 Å². The average Bonchev–Trinajstić information content (AvgIpc) is 2.32. The van der Waals surface area contributed by atoms with Crippen LogP contribution in [0.4, 0.5) is 4.39 Å². The summed E-state index contributed by atoms with van der Waals surface area (Å²) in [6, 6.07) is 5.06. The van der Waals surface area contributed by atoms with Crippen LogP contribution in [0.25, 0.3) is 0 Å². The monoisotopic (exact) mass is 237 g/mol. The second-order valence-corrected chi connectivity index (χ2v) is 4.20. The van der Waals surface area contributed by atoms with Gasteiger partial charge in [-0.25, -0.2) is 4.39 Å². The zero-order valence-corrected chi connectivity index (χ0v) is 10.4. The van der Waals surface area contributed by atoms with Crippen molar-refractivity contribution in [3.8, 4) is 5.75 Å². The lowest BCUT2D eigenvalue weighted by Gasteiger charge is -2.13. The van der Waals surface area contributed by atoms with Gasteiger partial charge in [-0.2, -0.15) is 0 Å². The van der Waals surface area contributed by atoms with Gasteiger partial charge in [0.25, 0.3) is 0 Å². The summed E-state index contributed by atoms with van der Waals surface area (Å²) in [7, 11) is 0. The van der Waals surface area contributed by atoms with Crippen LogP contribution in [0.3, 0.4) is 0 Å². The Balaban J connectivity index is 2.75. The molecule has 1 rings (SSSR count). The van der Waals surface area contributed by atoms with Crippen molar-refractivity contribution in [3.63, 3.8) is 0 Å². The zero-order chi connectivity index (χ0) is 12.8. The smallest absolute Gasteiger partial charge is 0.165 e. The van der Waals surface area contributed by atoms with E-state index in [4.69, 9.17) is 10.5 Å². The summed E-state index contributed by atoms with van der Waals surface area (Å²) in [4.78, 5) is 0. The van der Waals surface area contributed by atoms with Crippen molar-refractivity contribution >= 4 is 0 Å². The molecule has 1 aromatic carbocycles. The van der Waals surface area contributed by atoms with Gasteiger partial charge in [0.05, 0.1) is 0 Å². The summed E-state index contributed by atoms with van der Waals surface area (Å²) in [5.41, 5.74) is 6.73. The summed E-state index contributed by atoms with van der Waals surface area (Å²) < 4.78 is 19.1. The number of rotatable bonds is 6. The van der Waals surface area contributed by atoms with E-state index in [1.165, 1.54) is 6.07 Å². The first-order valence-corrected chi connectivity index (χ1v) is 5.90. The highest BCUT2D eigenvalue weighted by atomic mass is 19.1. The first kappa shape index (κ1) is 13.7. The number of hydrogen-bond donors (Lipinski definition) is 1. The van der Waals surface area contributed by atoms with E-state index in [1.807, 2.05) is 19.9 Å². The quantitative estimate of drug-likeness (QED) is 0.772. The third-order valence-corrected chi connectivity index (χ3v) is 2.66. The molecule has 0 aliphatic carbocycles. The predicted octanol–water partition coefficient (Wildman–Crippen LogP) is 3.06. The Morgan fingerprint density at radius 1 is 1.53 bits per heavy atom. The van der Waals surface area contributed by atoms with E-state index < -0.39 is 0 Å². The van der Waals surface area contributed by atoms with Gasteiger partial charge >= 0.3 is 0 Å². The summed E-state index contributed by atoms with van der Waals surface area (Å²) in [6.07, 6.45) is 2.99. The maximum Gasteiger partial charge on any atom is 0.165 e. The van der Waals surface area contributed by atoms with E-state index in [9.17, 15) is 4.39 Å². The molecule has 0 saturated carbocycles. The third kappa shape index (κ3) is 4.19. The average molecular weight is 237 g/mol. The van der Waals surface area contributed by atoms with E-state index in [1.54, 1.807) is 12.1 Å². The molecule has 0 aliphatic heterocycles. The molecular weight excluding hydrogens is 217 g/mol. The van der Waals surface area contributed by atoms with Crippen LogP contribution in [0.2, 0.25) is 0 Å². The maximum absolute atomic E-state index is 13.7. The van der Waals surface area contributed by atoms with Crippen molar-refractivity contribution in [2.24, 2.45) is 5.73 Å². The molecule has 0 heterocycles. The van der Waals surface area contributed by atoms with Gasteiger partial charge in [0, 0.05) is 6.04 Å². The Hall–Kier alpha value is -1.35. The zero-order valence-electron chi connectivity index (χ0n) is 10.4. The lowest BCUT2D eigenvalue weighted by molar-refractivity contribution is 0.257. The molecule has 2 N–H and O–H groups in total. The highest BCUT2D eigenvalue weighted by Gasteiger charge is 2.08. The molecule has 3 heteroatoms. The molecule has 0 fully saturated rings. The molecule has 0 aromatic heterocycles. The SMILES string of the molecule is C=CC(C)Oc1ccc(CC(N)CC)cc1F. The Labute approximate surface area is 102 Å². The fourth-order valence-corrected chi connectivity index (χ4v) is 1.46. The molecule has 0 radical (unpaired) electrons. The van der Waals surface area contributed by atoms with Gasteiger partial charge in [-0.05, 0) is 37.5 Å². The Morgan fingerprint density at radius 3 is 2.76 bits per heavy atom. The number of hydrogen-bond acceptors (Lipinski definition) is 2. The van der Waals surface area contributed by atoms with E-state index in [0.717, 1.165) is 12.0 Å². The van der Waals surface area contributed by atoms with Gasteiger partial charge in [0.2, 0.25) is 0 Å². The molecule has 2 nitrogen and oxygen atoms in total. The van der Waals surface area contributed by atoms with Crippen LogP contribution in [0.5, 0.6) is 5.75 Å². The van der Waals surface area contributed by atoms with Crippen LogP contribution in [-0.4, -0.2) is 12.1 Å². The second kappa shape index (κ2) is 6.40. The molecule has 0 amide bonds. The summed E-state index contributed by atoms with van der Waals surface area (Å²) >= 11 is 0. The van der Waals surface area contributed by atoms with Crippen molar-refractivity contribution in [3.05, 3.63) is 42.2 Å². The van der Waals surface area contributed by atoms with Crippen molar-refractivity contribution in [2.75, 3.05) is 0 Å². The van der Waals surface area contributed by atoms with E-state index in [2.05, 4.69) is 6.58 Å². The van der Waals surface area contributed by atoms with E-state index in [-0.39, 0.29) is 23.7 Å². The minimum Gasteiger partial charge on any atom is -0.484 e. The van der Waals surface area contributed by atoms with Crippen LogP contribution >= 0.6 is 0 Å². The molecule has 2 atom stereocenters. The minimum atomic E-state index is -0.348. The lowest BCUT2D eigenvalue weighted by Crippen LogP contribution is -2.21. The first-order chi connectivity index (χ1) is 8.06. The standard InChI is InChI=1S/C14H20FNO/c1-4-10(3)17-14-7-6-11(9-13(14)15)8-12(16)5-2/h4,6-7,9-10,12H,1,5,8,16H2,2-3H3. The van der Waals surface area contributed by atoms with Crippen LogP contribution in [0, 0.1) is 5.82 Å². The van der Waals surface area contributed by atoms with Crippen molar-refractivity contribution < 1.29 is 9.13 Å². The molecule has 0 bridgehead atoms. The fraction of sp³-hybridized carbons (Fsp3) is 0.429. The number of nitrogens with two attached hydrogens (primary N) is 1. The molecule has 0 saturated heterocycles. The Morgan fingerprint density at radius 2 is 2.24 bits per heavy atom. The minimum absolute atomic E-state index is 0.0771. The number of benzene rings is 1. The maximum atomic E-state index is 13.7. The van der Waals surface area contributed by atoms with Crippen LogP contribution in [0.15, 0.2) is 30.9 Å². The van der Waals surface area contributed by atoms with Crippen molar-refractivity contribution in [1.82, 2.24) is 0 Å². The summed E-state index contributed by atoms with van der Waals surface area (Å²) in [6.45, 7) is 7.42. The van der Waals surface area contributed by atoms with Crippen LogP contribution < -0.4 is 10.5 Å². The molecule has 94 valence electrons. The third-order valence-electron chi connectivity index (χ3n) is 2.66. The fourth-order valence-electron chi connectivity index (χ4n) is 1.46.